The van der Waals surface area contributed by atoms with Crippen molar-refractivity contribution in [1.29, 1.82) is 0 Å². The molecule has 0 spiro atoms. The van der Waals surface area contributed by atoms with E-state index in [-0.39, 0.29) is 6.03 Å². The molecule has 0 bridgehead atoms. The van der Waals surface area contributed by atoms with Crippen molar-refractivity contribution in [3.05, 3.63) is 30.3 Å². The Bertz CT molecular complexity index is 718. The van der Waals surface area contributed by atoms with Crippen LogP contribution in [0.2, 0.25) is 0 Å². The lowest BCUT2D eigenvalue weighted by molar-refractivity contribution is 0.186. The van der Waals surface area contributed by atoms with Crippen molar-refractivity contribution < 1.29 is 4.79 Å². The number of nitrogens with zero attached hydrogens (tertiary/aromatic N) is 6. The van der Waals surface area contributed by atoms with Crippen LogP contribution in [0.5, 0.6) is 0 Å². The molecule has 2 fully saturated rings. The van der Waals surface area contributed by atoms with Crippen LogP contribution in [-0.4, -0.2) is 63.4 Å². The number of aromatic nitrogens is 4. The Morgan fingerprint density at radius 1 is 1.00 bits per heavy atom. The van der Waals surface area contributed by atoms with Gasteiger partial charge in [0.25, 0.3) is 0 Å². The largest absolute Gasteiger partial charge is 0.336 e. The molecule has 1 saturated heterocycles. The summed E-state index contributed by atoms with van der Waals surface area (Å²) in [5.41, 5.74) is 0.935. The molecule has 1 saturated carbocycles. The normalized spacial score (nSPS) is 18.8. The highest BCUT2D eigenvalue weighted by Gasteiger charge is 2.26. The minimum atomic E-state index is 0.0687. The van der Waals surface area contributed by atoms with Crippen molar-refractivity contribution in [1.82, 2.24) is 30.4 Å². The number of para-hydroxylation sites is 1. The van der Waals surface area contributed by atoms with Crippen LogP contribution in [0.15, 0.2) is 30.3 Å². The van der Waals surface area contributed by atoms with E-state index in [9.17, 15) is 4.79 Å². The van der Waals surface area contributed by atoms with E-state index in [2.05, 4.69) is 25.7 Å². The first-order chi connectivity index (χ1) is 12.8. The molecule has 4 rings (SSSR count). The van der Waals surface area contributed by atoms with Gasteiger partial charge in [-0.2, -0.15) is 4.68 Å². The molecule has 0 atom stereocenters. The second-order valence-corrected chi connectivity index (χ2v) is 6.98. The molecule has 2 aliphatic rings. The van der Waals surface area contributed by atoms with Gasteiger partial charge in [-0.1, -0.05) is 42.6 Å². The number of benzene rings is 1. The van der Waals surface area contributed by atoms with Crippen LogP contribution in [0.4, 0.5) is 10.7 Å². The topological polar surface area (TPSA) is 79.2 Å². The number of urea groups is 1. The van der Waals surface area contributed by atoms with E-state index in [0.717, 1.165) is 37.6 Å². The van der Waals surface area contributed by atoms with E-state index in [1.165, 1.54) is 19.3 Å². The Morgan fingerprint density at radius 2 is 1.73 bits per heavy atom. The van der Waals surface area contributed by atoms with Gasteiger partial charge in [0.2, 0.25) is 5.95 Å². The quantitative estimate of drug-likeness (QED) is 0.909. The zero-order valence-electron chi connectivity index (χ0n) is 14.9. The van der Waals surface area contributed by atoms with E-state index in [1.54, 1.807) is 4.68 Å². The second kappa shape index (κ2) is 7.72. The number of rotatable bonds is 3. The molecule has 1 aliphatic carbocycles. The highest BCUT2D eigenvalue weighted by molar-refractivity contribution is 5.74. The molecule has 2 heterocycles. The van der Waals surface area contributed by atoms with Crippen LogP contribution in [0.25, 0.3) is 5.69 Å². The lowest BCUT2D eigenvalue weighted by Gasteiger charge is -2.36. The van der Waals surface area contributed by atoms with Crippen molar-refractivity contribution in [3.8, 4) is 5.69 Å². The summed E-state index contributed by atoms with van der Waals surface area (Å²) >= 11 is 0. The van der Waals surface area contributed by atoms with Crippen molar-refractivity contribution in [2.75, 3.05) is 31.1 Å². The van der Waals surface area contributed by atoms with Crippen LogP contribution in [0, 0.1) is 0 Å². The maximum atomic E-state index is 12.5. The molecule has 1 aliphatic heterocycles. The van der Waals surface area contributed by atoms with Gasteiger partial charge in [0.05, 0.1) is 5.69 Å². The fraction of sp³-hybridized carbons (Fsp3) is 0.556. The number of piperazine rings is 1. The zero-order valence-corrected chi connectivity index (χ0v) is 14.9. The Labute approximate surface area is 153 Å². The minimum absolute atomic E-state index is 0.0687. The van der Waals surface area contributed by atoms with E-state index in [4.69, 9.17) is 0 Å². The molecular formula is C18H25N7O. The number of amides is 2. The minimum Gasteiger partial charge on any atom is -0.336 e. The predicted octanol–water partition coefficient (Wildman–Crippen LogP) is 1.83. The first-order valence-corrected chi connectivity index (χ1v) is 9.45. The van der Waals surface area contributed by atoms with E-state index >= 15 is 0 Å². The maximum Gasteiger partial charge on any atom is 0.317 e. The number of anilines is 1. The Balaban J connectivity index is 1.35. The lowest BCUT2D eigenvalue weighted by Crippen LogP contribution is -2.54. The van der Waals surface area contributed by atoms with Gasteiger partial charge in [0.15, 0.2) is 0 Å². The van der Waals surface area contributed by atoms with E-state index in [1.807, 2.05) is 35.2 Å². The smallest absolute Gasteiger partial charge is 0.317 e. The Hall–Kier alpha value is -2.64. The summed E-state index contributed by atoms with van der Waals surface area (Å²) in [5, 5.41) is 15.3. The molecule has 26 heavy (non-hydrogen) atoms. The third-order valence-electron chi connectivity index (χ3n) is 5.24. The summed E-state index contributed by atoms with van der Waals surface area (Å²) in [6, 6.07) is 10.3. The first kappa shape index (κ1) is 16.8. The molecule has 138 valence electrons. The molecule has 1 N–H and O–H groups in total. The van der Waals surface area contributed by atoms with Gasteiger partial charge < -0.3 is 15.1 Å². The molecule has 1 aromatic carbocycles. The second-order valence-electron chi connectivity index (χ2n) is 6.98. The van der Waals surface area contributed by atoms with Gasteiger partial charge in [-0.25, -0.2) is 4.79 Å². The summed E-state index contributed by atoms with van der Waals surface area (Å²) in [6.07, 6.45) is 5.96. The van der Waals surface area contributed by atoms with Crippen molar-refractivity contribution in [3.63, 3.8) is 0 Å². The highest BCUT2D eigenvalue weighted by atomic mass is 16.2. The fourth-order valence-corrected chi connectivity index (χ4v) is 3.74. The molecule has 8 nitrogen and oxygen atoms in total. The molecule has 0 unspecified atom stereocenters. The summed E-state index contributed by atoms with van der Waals surface area (Å²) in [5.74, 6) is 0.725. The summed E-state index contributed by atoms with van der Waals surface area (Å²) in [6.45, 7) is 2.82. The summed E-state index contributed by atoms with van der Waals surface area (Å²) in [4.78, 5) is 16.5. The van der Waals surface area contributed by atoms with Gasteiger partial charge in [0.1, 0.15) is 0 Å². The van der Waals surface area contributed by atoms with Gasteiger partial charge in [-0.3, -0.25) is 0 Å². The van der Waals surface area contributed by atoms with Crippen LogP contribution >= 0.6 is 0 Å². The van der Waals surface area contributed by atoms with E-state index < -0.39 is 0 Å². The number of carbonyl (C=O) groups excluding carboxylic acids is 1. The summed E-state index contributed by atoms with van der Waals surface area (Å²) in [7, 11) is 0. The number of tetrazole rings is 1. The molecule has 8 heteroatoms. The number of hydrogen-bond donors (Lipinski definition) is 1. The lowest BCUT2D eigenvalue weighted by atomic mass is 9.96. The van der Waals surface area contributed by atoms with E-state index in [0.29, 0.717) is 19.1 Å². The third-order valence-corrected chi connectivity index (χ3v) is 5.24. The number of carbonyl (C=O) groups is 1. The first-order valence-electron chi connectivity index (χ1n) is 9.45. The van der Waals surface area contributed by atoms with Crippen molar-refractivity contribution in [2.24, 2.45) is 0 Å². The molecule has 1 aromatic heterocycles. The maximum absolute atomic E-state index is 12.5. The van der Waals surface area contributed by atoms with Crippen LogP contribution in [0.3, 0.4) is 0 Å². The third kappa shape index (κ3) is 3.63. The standard InChI is InChI=1S/C18H25N7O/c26-18(19-15-7-3-1-4-8-15)24-13-11-23(12-14-24)17-20-21-22-25(17)16-9-5-2-6-10-16/h2,5-6,9-10,15H,1,3-4,7-8,11-14H2,(H,19,26). The summed E-state index contributed by atoms with van der Waals surface area (Å²) < 4.78 is 1.75. The average molecular weight is 355 g/mol. The van der Waals surface area contributed by atoms with Crippen molar-refractivity contribution in [2.45, 2.75) is 38.1 Å². The van der Waals surface area contributed by atoms with Crippen molar-refractivity contribution >= 4 is 12.0 Å². The zero-order chi connectivity index (χ0) is 17.8. The van der Waals surface area contributed by atoms with Crippen LogP contribution in [0.1, 0.15) is 32.1 Å². The monoisotopic (exact) mass is 355 g/mol. The van der Waals surface area contributed by atoms with Gasteiger partial charge in [0, 0.05) is 32.2 Å². The van der Waals surface area contributed by atoms with Gasteiger partial charge in [-0.15, -0.1) is 0 Å². The Morgan fingerprint density at radius 3 is 2.46 bits per heavy atom. The molecule has 2 amide bonds. The van der Waals surface area contributed by atoms with Crippen LogP contribution < -0.4 is 10.2 Å². The SMILES string of the molecule is O=C(NC1CCCCC1)N1CCN(c2nnnn2-c2ccccc2)CC1. The molecule has 0 radical (unpaired) electrons. The predicted molar refractivity (Wildman–Crippen MR) is 98.3 cm³/mol. The number of nitrogens with one attached hydrogen (secondary N) is 1. The average Bonchev–Trinajstić information content (AvgIpc) is 3.19. The van der Waals surface area contributed by atoms with Crippen LogP contribution in [-0.2, 0) is 0 Å². The molecular weight excluding hydrogens is 330 g/mol. The van der Waals surface area contributed by atoms with Gasteiger partial charge >= 0.3 is 6.03 Å². The van der Waals surface area contributed by atoms with Gasteiger partial charge in [-0.05, 0) is 35.4 Å². The Kier molecular flexibility index (Phi) is 4.99. The molecule has 2 aromatic rings. The fourth-order valence-electron chi connectivity index (χ4n) is 3.74. The number of hydrogen-bond acceptors (Lipinski definition) is 5. The highest BCUT2D eigenvalue weighted by Crippen LogP contribution is 2.19.